The highest BCUT2D eigenvalue weighted by Crippen LogP contribution is 2.41. The van der Waals surface area contributed by atoms with E-state index in [1.165, 1.54) is 0 Å². The molecule has 1 aliphatic carbocycles. The fourth-order valence-corrected chi connectivity index (χ4v) is 6.72. The van der Waals surface area contributed by atoms with Crippen molar-refractivity contribution in [1.29, 1.82) is 0 Å². The number of rotatable bonds is 8. The molecule has 1 aromatic heterocycles. The Labute approximate surface area is 223 Å². The van der Waals surface area contributed by atoms with E-state index < -0.39 is 12.1 Å². The van der Waals surface area contributed by atoms with Crippen molar-refractivity contribution < 1.29 is 23.9 Å². The molecular formula is C29H38N4O5. The minimum Gasteiger partial charge on any atom is -0.496 e. The second-order valence-electron chi connectivity index (χ2n) is 11.0. The molecule has 3 aliphatic rings. The van der Waals surface area contributed by atoms with Gasteiger partial charge in [-0.05, 0) is 62.1 Å². The third kappa shape index (κ3) is 5.02. The van der Waals surface area contributed by atoms with Crippen LogP contribution in [0.25, 0.3) is 10.9 Å². The molecule has 3 N–H and O–H groups in total. The van der Waals surface area contributed by atoms with Crippen LogP contribution in [-0.4, -0.2) is 65.7 Å². The quantitative estimate of drug-likeness (QED) is 0.492. The first kappa shape index (κ1) is 26.3. The number of aromatic nitrogens is 1. The first-order chi connectivity index (χ1) is 18.4. The summed E-state index contributed by atoms with van der Waals surface area (Å²) in [6.45, 7) is 2.94. The maximum atomic E-state index is 13.9. The van der Waals surface area contributed by atoms with Gasteiger partial charge in [0.2, 0.25) is 11.8 Å². The number of piperidine rings is 1. The van der Waals surface area contributed by atoms with Gasteiger partial charge in [0.15, 0.2) is 5.78 Å². The molecule has 5 atom stereocenters. The Hall–Kier alpha value is -3.36. The monoisotopic (exact) mass is 522 g/mol. The topological polar surface area (TPSA) is 121 Å². The molecule has 1 aromatic carbocycles. The van der Waals surface area contributed by atoms with Gasteiger partial charge in [0.25, 0.3) is 5.91 Å². The molecule has 3 heterocycles. The Kier molecular flexibility index (Phi) is 7.72. The van der Waals surface area contributed by atoms with Crippen molar-refractivity contribution in [2.75, 3.05) is 20.2 Å². The van der Waals surface area contributed by atoms with Gasteiger partial charge < -0.3 is 25.3 Å². The fourth-order valence-electron chi connectivity index (χ4n) is 6.72. The summed E-state index contributed by atoms with van der Waals surface area (Å²) < 4.78 is 5.46. The lowest BCUT2D eigenvalue weighted by molar-refractivity contribution is -0.133. The van der Waals surface area contributed by atoms with Gasteiger partial charge in [0.05, 0.1) is 13.2 Å². The number of hydrogen-bond donors (Lipinski definition) is 3. The zero-order chi connectivity index (χ0) is 26.8. The molecule has 5 unspecified atom stereocenters. The van der Waals surface area contributed by atoms with Gasteiger partial charge in [-0.15, -0.1) is 0 Å². The van der Waals surface area contributed by atoms with Crippen molar-refractivity contribution >= 4 is 34.4 Å². The van der Waals surface area contributed by atoms with Gasteiger partial charge >= 0.3 is 0 Å². The summed E-state index contributed by atoms with van der Waals surface area (Å²) in [5.41, 5.74) is 1.21. The zero-order valence-electron chi connectivity index (χ0n) is 22.3. The third-order valence-corrected chi connectivity index (χ3v) is 8.72. The predicted octanol–water partition coefficient (Wildman–Crippen LogP) is 3.19. The predicted molar refractivity (Wildman–Crippen MR) is 143 cm³/mol. The van der Waals surface area contributed by atoms with Crippen LogP contribution in [0.4, 0.5) is 0 Å². The van der Waals surface area contributed by atoms with Crippen molar-refractivity contribution in [2.24, 2.45) is 17.8 Å². The Morgan fingerprint density at radius 3 is 2.74 bits per heavy atom. The number of likely N-dealkylation sites (tertiary alicyclic amines) is 1. The van der Waals surface area contributed by atoms with E-state index in [4.69, 9.17) is 4.74 Å². The number of hydrogen-bond acceptors (Lipinski definition) is 5. The maximum Gasteiger partial charge on any atom is 0.271 e. The number of benzene rings is 1. The number of methoxy groups -OCH3 is 1. The van der Waals surface area contributed by atoms with Crippen LogP contribution in [0.3, 0.4) is 0 Å². The number of amides is 3. The summed E-state index contributed by atoms with van der Waals surface area (Å²) >= 11 is 0. The number of ketones is 1. The molecule has 9 nitrogen and oxygen atoms in total. The maximum absolute atomic E-state index is 13.9. The second-order valence-corrected chi connectivity index (χ2v) is 11.0. The van der Waals surface area contributed by atoms with Crippen LogP contribution in [0, 0.1) is 17.8 Å². The molecule has 204 valence electrons. The highest BCUT2D eigenvalue weighted by molar-refractivity contribution is 6.02. The minimum absolute atomic E-state index is 0.0568. The van der Waals surface area contributed by atoms with Crippen LogP contribution in [0.5, 0.6) is 5.75 Å². The minimum atomic E-state index is -0.738. The number of carbonyl (C=O) groups is 4. The highest BCUT2D eigenvalue weighted by atomic mass is 16.5. The summed E-state index contributed by atoms with van der Waals surface area (Å²) in [7, 11) is 1.60. The molecule has 38 heavy (non-hydrogen) atoms. The lowest BCUT2D eigenvalue weighted by Crippen LogP contribution is -2.54. The smallest absolute Gasteiger partial charge is 0.271 e. The van der Waals surface area contributed by atoms with Crippen LogP contribution in [0.1, 0.15) is 68.8 Å². The van der Waals surface area contributed by atoms with Gasteiger partial charge in [-0.2, -0.15) is 0 Å². The molecule has 2 saturated heterocycles. The Bertz CT molecular complexity index is 1220. The van der Waals surface area contributed by atoms with E-state index in [1.54, 1.807) is 25.0 Å². The summed E-state index contributed by atoms with van der Waals surface area (Å²) in [6, 6.07) is 6.02. The molecule has 0 radical (unpaired) electrons. The van der Waals surface area contributed by atoms with Crippen molar-refractivity contribution in [3.05, 3.63) is 30.0 Å². The van der Waals surface area contributed by atoms with Crippen LogP contribution in [-0.2, 0) is 14.4 Å². The Morgan fingerprint density at radius 2 is 1.97 bits per heavy atom. The van der Waals surface area contributed by atoms with Gasteiger partial charge in [-0.25, -0.2) is 0 Å². The molecule has 1 saturated carbocycles. The molecule has 0 bridgehead atoms. The SMILES string of the molecule is CCC(=O)C(CC1CCCNC1=O)NC(=O)C1C2CCCCC2CN1C(=O)c1cc2c(OC)cccc2[nH]1. The van der Waals surface area contributed by atoms with E-state index in [0.717, 1.165) is 43.0 Å². The summed E-state index contributed by atoms with van der Waals surface area (Å²) in [5, 5.41) is 6.69. The van der Waals surface area contributed by atoms with Crippen molar-refractivity contribution in [2.45, 2.75) is 70.4 Å². The van der Waals surface area contributed by atoms with Crippen molar-refractivity contribution in [3.63, 3.8) is 0 Å². The van der Waals surface area contributed by atoms with E-state index in [9.17, 15) is 19.2 Å². The van der Waals surface area contributed by atoms with Gasteiger partial charge in [-0.1, -0.05) is 25.8 Å². The number of ether oxygens (including phenoxy) is 1. The van der Waals surface area contributed by atoms with E-state index in [2.05, 4.69) is 15.6 Å². The number of nitrogens with one attached hydrogen (secondary N) is 3. The highest BCUT2D eigenvalue weighted by Gasteiger charge is 2.49. The molecule has 5 rings (SSSR count). The second kappa shape index (κ2) is 11.2. The fraction of sp³-hybridized carbons (Fsp3) is 0.586. The lowest BCUT2D eigenvalue weighted by Gasteiger charge is -2.32. The zero-order valence-corrected chi connectivity index (χ0v) is 22.3. The van der Waals surface area contributed by atoms with E-state index in [0.29, 0.717) is 37.4 Å². The number of carbonyl (C=O) groups excluding carboxylic acids is 4. The lowest BCUT2D eigenvalue weighted by atomic mass is 9.78. The first-order valence-corrected chi connectivity index (χ1v) is 14.0. The third-order valence-electron chi connectivity index (χ3n) is 8.72. The average Bonchev–Trinajstić information content (AvgIpc) is 3.55. The van der Waals surface area contributed by atoms with Crippen LogP contribution in [0.2, 0.25) is 0 Å². The number of Topliss-reactive ketones (excluding diaryl/α,β-unsaturated/α-hetero) is 1. The molecule has 2 aliphatic heterocycles. The van der Waals surface area contributed by atoms with E-state index >= 15 is 0 Å². The van der Waals surface area contributed by atoms with E-state index in [1.807, 2.05) is 18.2 Å². The molecule has 0 spiro atoms. The standard InChI is InChI=1S/C29H38N4O5/c1-3-24(34)22(14-17-9-7-13-30-27(17)35)32-28(36)26-19-10-5-4-8-18(19)16-33(26)29(37)23-15-20-21(31-23)11-6-12-25(20)38-2/h6,11-12,15,17-19,22,26,31H,3-5,7-10,13-14,16H2,1-2H3,(H,30,35)(H,32,36). The molecular weight excluding hydrogens is 484 g/mol. The van der Waals surface area contributed by atoms with Gasteiger partial charge in [-0.3, -0.25) is 19.2 Å². The van der Waals surface area contributed by atoms with Gasteiger partial charge in [0, 0.05) is 36.3 Å². The molecule has 2 aromatic rings. The number of nitrogens with zero attached hydrogens (tertiary/aromatic N) is 1. The van der Waals surface area contributed by atoms with Crippen molar-refractivity contribution in [1.82, 2.24) is 20.5 Å². The number of H-pyrrole nitrogens is 1. The number of fused-ring (bicyclic) bond motifs is 2. The normalized spacial score (nSPS) is 25.9. The van der Waals surface area contributed by atoms with Gasteiger partial charge in [0.1, 0.15) is 17.5 Å². The molecule has 3 amide bonds. The summed E-state index contributed by atoms with van der Waals surface area (Å²) in [6.07, 6.45) is 6.11. The number of aromatic amines is 1. The summed E-state index contributed by atoms with van der Waals surface area (Å²) in [4.78, 5) is 57.9. The molecule has 3 fully saturated rings. The first-order valence-electron chi connectivity index (χ1n) is 14.0. The van der Waals surface area contributed by atoms with Crippen LogP contribution < -0.4 is 15.4 Å². The molecule has 9 heteroatoms. The van der Waals surface area contributed by atoms with Crippen LogP contribution >= 0.6 is 0 Å². The average molecular weight is 523 g/mol. The van der Waals surface area contributed by atoms with Crippen molar-refractivity contribution in [3.8, 4) is 5.75 Å². The Balaban J connectivity index is 1.40. The van der Waals surface area contributed by atoms with E-state index in [-0.39, 0.29) is 47.7 Å². The van der Waals surface area contributed by atoms with Crippen LogP contribution in [0.15, 0.2) is 24.3 Å². The Morgan fingerprint density at radius 1 is 1.16 bits per heavy atom. The largest absolute Gasteiger partial charge is 0.496 e. The summed E-state index contributed by atoms with van der Waals surface area (Å²) in [5.74, 6) is 0.0414.